The lowest BCUT2D eigenvalue weighted by Gasteiger charge is -2.14. The molecule has 15 heavy (non-hydrogen) atoms. The zero-order chi connectivity index (χ0) is 10.8. The van der Waals surface area contributed by atoms with Crippen molar-refractivity contribution < 1.29 is 9.84 Å². The van der Waals surface area contributed by atoms with Crippen LogP contribution < -0.4 is 0 Å². The molecule has 1 atom stereocenters. The van der Waals surface area contributed by atoms with Crippen molar-refractivity contribution in [1.29, 1.82) is 0 Å². The van der Waals surface area contributed by atoms with Crippen molar-refractivity contribution >= 4 is 23.2 Å². The first-order chi connectivity index (χ1) is 7.18. The van der Waals surface area contributed by atoms with Crippen LogP contribution in [0.3, 0.4) is 0 Å². The minimum Gasteiger partial charge on any atom is -0.495 e. The van der Waals surface area contributed by atoms with Gasteiger partial charge in [0.05, 0.1) is 6.61 Å². The van der Waals surface area contributed by atoms with Gasteiger partial charge in [0.15, 0.2) is 0 Å². The van der Waals surface area contributed by atoms with Crippen molar-refractivity contribution in [3.8, 4) is 0 Å². The Bertz CT molecular complexity index is 402. The van der Waals surface area contributed by atoms with E-state index in [-0.39, 0.29) is 0 Å². The van der Waals surface area contributed by atoms with E-state index >= 15 is 0 Å². The third-order valence-corrected chi connectivity index (χ3v) is 2.83. The normalized spacial score (nSPS) is 17.1. The van der Waals surface area contributed by atoms with Crippen molar-refractivity contribution in [2.75, 3.05) is 6.61 Å². The predicted octanol–water partition coefficient (Wildman–Crippen LogP) is 3.33. The molecule has 2 rings (SSSR count). The summed E-state index contributed by atoms with van der Waals surface area (Å²) in [4.78, 5) is 0. The van der Waals surface area contributed by atoms with Gasteiger partial charge >= 0.3 is 0 Å². The molecule has 1 aromatic carbocycles. The van der Waals surface area contributed by atoms with Crippen molar-refractivity contribution in [3.63, 3.8) is 0 Å². The van der Waals surface area contributed by atoms with E-state index in [2.05, 4.69) is 0 Å². The monoisotopic (exact) mass is 244 g/mol. The number of aliphatic hydroxyl groups excluding tert-OH is 1. The predicted molar refractivity (Wildman–Crippen MR) is 60.1 cm³/mol. The molecule has 0 bridgehead atoms. The van der Waals surface area contributed by atoms with E-state index in [4.69, 9.17) is 27.9 Å². The molecule has 0 aromatic heterocycles. The maximum absolute atomic E-state index is 9.99. The second-order valence-corrected chi connectivity index (χ2v) is 4.16. The van der Waals surface area contributed by atoms with Gasteiger partial charge in [0, 0.05) is 22.0 Å². The number of hydrogen-bond donors (Lipinski definition) is 1. The topological polar surface area (TPSA) is 29.5 Å². The molecule has 2 nitrogen and oxygen atoms in total. The average Bonchev–Trinajstić information content (AvgIpc) is 2.74. The summed E-state index contributed by atoms with van der Waals surface area (Å²) in [6.07, 6.45) is 1.87. The van der Waals surface area contributed by atoms with E-state index in [1.54, 1.807) is 18.2 Å². The zero-order valence-electron chi connectivity index (χ0n) is 7.91. The van der Waals surface area contributed by atoms with Crippen LogP contribution in [0.1, 0.15) is 18.1 Å². The van der Waals surface area contributed by atoms with Gasteiger partial charge in [-0.15, -0.1) is 0 Å². The lowest BCUT2D eigenvalue weighted by atomic mass is 10.1. The number of hydrogen-bond acceptors (Lipinski definition) is 2. The van der Waals surface area contributed by atoms with Gasteiger partial charge in [0.1, 0.15) is 11.9 Å². The average molecular weight is 245 g/mol. The summed E-state index contributed by atoms with van der Waals surface area (Å²) in [6, 6.07) is 5.00. The fraction of sp³-hybridized carbons (Fsp3) is 0.273. The Morgan fingerprint density at radius 1 is 1.33 bits per heavy atom. The van der Waals surface area contributed by atoms with Crippen LogP contribution in [-0.2, 0) is 4.74 Å². The Kier molecular flexibility index (Phi) is 3.19. The van der Waals surface area contributed by atoms with Crippen LogP contribution in [0.15, 0.2) is 30.0 Å². The highest BCUT2D eigenvalue weighted by molar-refractivity contribution is 6.33. The molecule has 1 heterocycles. The quantitative estimate of drug-likeness (QED) is 0.865. The molecular formula is C11H10Cl2O2. The van der Waals surface area contributed by atoms with Gasteiger partial charge in [-0.05, 0) is 24.3 Å². The van der Waals surface area contributed by atoms with E-state index in [9.17, 15) is 5.11 Å². The number of ether oxygens (including phenoxy) is 1. The van der Waals surface area contributed by atoms with Crippen LogP contribution in [0, 0.1) is 0 Å². The molecule has 1 aliphatic rings. The lowest BCUT2D eigenvalue weighted by molar-refractivity contribution is 0.119. The van der Waals surface area contributed by atoms with Crippen LogP contribution in [-0.4, -0.2) is 11.7 Å². The standard InChI is InChI=1S/C11H10Cl2O2/c12-7-3-4-9(13)8(6-7)11(14)10-2-1-5-15-10/h2-4,6,11,14H,1,5H2. The molecule has 0 saturated heterocycles. The molecule has 0 amide bonds. The molecule has 0 fully saturated rings. The van der Waals surface area contributed by atoms with Gasteiger partial charge in [0.2, 0.25) is 0 Å². The molecule has 4 heteroatoms. The van der Waals surface area contributed by atoms with E-state index in [1.807, 2.05) is 6.08 Å². The lowest BCUT2D eigenvalue weighted by Crippen LogP contribution is -2.03. The van der Waals surface area contributed by atoms with Crippen LogP contribution in [0.4, 0.5) is 0 Å². The second-order valence-electron chi connectivity index (χ2n) is 3.31. The van der Waals surface area contributed by atoms with Gasteiger partial charge in [-0.1, -0.05) is 23.2 Å². The Labute approximate surface area is 98.1 Å². The van der Waals surface area contributed by atoms with E-state index in [0.29, 0.717) is 28.0 Å². The van der Waals surface area contributed by atoms with Crippen LogP contribution in [0.25, 0.3) is 0 Å². The Balaban J connectivity index is 2.31. The van der Waals surface area contributed by atoms with Gasteiger partial charge in [-0.3, -0.25) is 0 Å². The summed E-state index contributed by atoms with van der Waals surface area (Å²) >= 11 is 11.8. The van der Waals surface area contributed by atoms with Crippen molar-refractivity contribution in [2.45, 2.75) is 12.5 Å². The molecule has 0 spiro atoms. The van der Waals surface area contributed by atoms with Gasteiger partial charge in [-0.2, -0.15) is 0 Å². The first kappa shape index (κ1) is 10.8. The number of aliphatic hydroxyl groups is 1. The highest BCUT2D eigenvalue weighted by atomic mass is 35.5. The maximum Gasteiger partial charge on any atom is 0.137 e. The highest BCUT2D eigenvalue weighted by Gasteiger charge is 2.20. The Morgan fingerprint density at radius 2 is 2.13 bits per heavy atom. The van der Waals surface area contributed by atoms with Gasteiger partial charge in [0.25, 0.3) is 0 Å². The van der Waals surface area contributed by atoms with Crippen LogP contribution >= 0.6 is 23.2 Å². The van der Waals surface area contributed by atoms with Crippen molar-refractivity contribution in [3.05, 3.63) is 45.6 Å². The summed E-state index contributed by atoms with van der Waals surface area (Å²) < 4.78 is 5.27. The summed E-state index contributed by atoms with van der Waals surface area (Å²) in [7, 11) is 0. The molecule has 1 N–H and O–H groups in total. The van der Waals surface area contributed by atoms with Crippen LogP contribution in [0.2, 0.25) is 10.0 Å². The van der Waals surface area contributed by atoms with Gasteiger partial charge in [-0.25, -0.2) is 0 Å². The Morgan fingerprint density at radius 3 is 2.80 bits per heavy atom. The maximum atomic E-state index is 9.99. The number of benzene rings is 1. The van der Waals surface area contributed by atoms with E-state index in [0.717, 1.165) is 6.42 Å². The molecule has 1 unspecified atom stereocenters. The molecule has 0 aliphatic carbocycles. The minimum atomic E-state index is -0.821. The highest BCUT2D eigenvalue weighted by Crippen LogP contribution is 2.32. The summed E-state index contributed by atoms with van der Waals surface area (Å²) in [5.41, 5.74) is 0.581. The van der Waals surface area contributed by atoms with E-state index in [1.165, 1.54) is 0 Å². The smallest absolute Gasteiger partial charge is 0.137 e. The molecule has 1 aromatic rings. The molecule has 1 aliphatic heterocycles. The molecule has 80 valence electrons. The number of rotatable bonds is 2. The molecular weight excluding hydrogens is 235 g/mol. The summed E-state index contributed by atoms with van der Waals surface area (Å²) in [6.45, 7) is 0.616. The molecule has 0 radical (unpaired) electrons. The minimum absolute atomic E-state index is 0.489. The number of halogens is 2. The largest absolute Gasteiger partial charge is 0.495 e. The van der Waals surface area contributed by atoms with Crippen molar-refractivity contribution in [2.24, 2.45) is 0 Å². The van der Waals surface area contributed by atoms with Crippen LogP contribution in [0.5, 0.6) is 0 Å². The third kappa shape index (κ3) is 2.28. The summed E-state index contributed by atoms with van der Waals surface area (Å²) in [5.74, 6) is 0.555. The first-order valence-corrected chi connectivity index (χ1v) is 5.40. The van der Waals surface area contributed by atoms with E-state index < -0.39 is 6.10 Å². The SMILES string of the molecule is OC(C1=CCCO1)c1cc(Cl)ccc1Cl. The van der Waals surface area contributed by atoms with Crippen molar-refractivity contribution in [1.82, 2.24) is 0 Å². The second kappa shape index (κ2) is 4.44. The first-order valence-electron chi connectivity index (χ1n) is 4.64. The fourth-order valence-corrected chi connectivity index (χ4v) is 1.91. The third-order valence-electron chi connectivity index (χ3n) is 2.25. The summed E-state index contributed by atoms with van der Waals surface area (Å²) in [5, 5.41) is 11.0. The Hall–Kier alpha value is -0.700. The zero-order valence-corrected chi connectivity index (χ0v) is 9.42. The fourth-order valence-electron chi connectivity index (χ4n) is 1.50. The molecule has 0 saturated carbocycles. The van der Waals surface area contributed by atoms with Gasteiger partial charge < -0.3 is 9.84 Å².